The first kappa shape index (κ1) is 19.7. The molecule has 4 aliphatic rings. The van der Waals surface area contributed by atoms with Crippen LogP contribution in [0, 0.1) is 11.8 Å². The summed E-state index contributed by atoms with van der Waals surface area (Å²) in [7, 11) is 0. The minimum Gasteiger partial charge on any atom is -0.322 e. The van der Waals surface area contributed by atoms with Crippen molar-refractivity contribution in [3.63, 3.8) is 0 Å². The summed E-state index contributed by atoms with van der Waals surface area (Å²) in [6, 6.07) is 5.54. The standard InChI is InChI=1S/C23H30N4O3/c28-20-8-7-19(22(29)25-20)27-14-17-6-3-5-16(21(17)23(27)30)13-26-9-2-1-4-15(12-26)18-10-24-11-18/h3,5-6,15,18-19,24H,1-2,4,7-14H2,(H,25,28,29). The third-order valence-electron chi connectivity index (χ3n) is 7.30. The Balaban J connectivity index is 1.33. The number of nitrogens with one attached hydrogen (secondary N) is 2. The first-order valence-electron chi connectivity index (χ1n) is 11.3. The van der Waals surface area contributed by atoms with Gasteiger partial charge >= 0.3 is 0 Å². The van der Waals surface area contributed by atoms with Crippen molar-refractivity contribution in [2.75, 3.05) is 26.2 Å². The number of hydrogen-bond acceptors (Lipinski definition) is 5. The average molecular weight is 411 g/mol. The number of carbonyl (C=O) groups excluding carboxylic acids is 3. The summed E-state index contributed by atoms with van der Waals surface area (Å²) in [6.45, 7) is 5.68. The number of rotatable bonds is 4. The van der Waals surface area contributed by atoms with Gasteiger partial charge in [-0.3, -0.25) is 24.6 Å². The molecule has 3 saturated heterocycles. The number of hydrogen-bond donors (Lipinski definition) is 2. The predicted molar refractivity (Wildman–Crippen MR) is 111 cm³/mol. The van der Waals surface area contributed by atoms with Crippen LogP contribution in [0.25, 0.3) is 0 Å². The van der Waals surface area contributed by atoms with Gasteiger partial charge in [0.25, 0.3) is 5.91 Å². The van der Waals surface area contributed by atoms with Gasteiger partial charge in [0.05, 0.1) is 0 Å². The second kappa shape index (κ2) is 8.12. The molecule has 4 heterocycles. The van der Waals surface area contributed by atoms with Crippen molar-refractivity contribution in [3.8, 4) is 0 Å². The van der Waals surface area contributed by atoms with Gasteiger partial charge < -0.3 is 10.2 Å². The van der Waals surface area contributed by atoms with Crippen LogP contribution >= 0.6 is 0 Å². The minimum absolute atomic E-state index is 0.0651. The van der Waals surface area contributed by atoms with Gasteiger partial charge in [0.2, 0.25) is 11.8 Å². The lowest BCUT2D eigenvalue weighted by atomic mass is 9.84. The maximum absolute atomic E-state index is 13.3. The maximum Gasteiger partial charge on any atom is 0.255 e. The van der Waals surface area contributed by atoms with Gasteiger partial charge in [0.1, 0.15) is 6.04 Å². The molecule has 0 aromatic heterocycles. The molecule has 3 amide bonds. The molecule has 160 valence electrons. The Morgan fingerprint density at radius 1 is 1.03 bits per heavy atom. The van der Waals surface area contributed by atoms with Crippen LogP contribution in [-0.4, -0.2) is 59.7 Å². The number of fused-ring (bicyclic) bond motifs is 1. The van der Waals surface area contributed by atoms with Crippen LogP contribution in [-0.2, 0) is 22.7 Å². The van der Waals surface area contributed by atoms with E-state index in [0.717, 1.165) is 61.2 Å². The van der Waals surface area contributed by atoms with E-state index in [2.05, 4.69) is 21.6 Å². The highest BCUT2D eigenvalue weighted by atomic mass is 16.2. The third kappa shape index (κ3) is 3.65. The molecule has 0 bridgehead atoms. The fraction of sp³-hybridized carbons (Fsp3) is 0.609. The molecule has 7 nitrogen and oxygen atoms in total. The van der Waals surface area contributed by atoms with Crippen LogP contribution in [0.4, 0.5) is 0 Å². The van der Waals surface area contributed by atoms with E-state index in [1.165, 1.54) is 19.3 Å². The zero-order valence-electron chi connectivity index (χ0n) is 17.4. The molecule has 3 fully saturated rings. The van der Waals surface area contributed by atoms with E-state index in [1.807, 2.05) is 12.1 Å². The number of piperidine rings is 1. The molecule has 2 N–H and O–H groups in total. The zero-order valence-corrected chi connectivity index (χ0v) is 17.4. The highest BCUT2D eigenvalue weighted by molar-refractivity contribution is 6.05. The summed E-state index contributed by atoms with van der Waals surface area (Å²) in [4.78, 5) is 41.3. The van der Waals surface area contributed by atoms with Crippen molar-refractivity contribution < 1.29 is 14.4 Å². The summed E-state index contributed by atoms with van der Waals surface area (Å²) in [5, 5.41) is 5.79. The van der Waals surface area contributed by atoms with E-state index < -0.39 is 6.04 Å². The number of nitrogens with zero attached hydrogens (tertiary/aromatic N) is 2. The topological polar surface area (TPSA) is 81.8 Å². The molecule has 1 aromatic carbocycles. The summed E-state index contributed by atoms with van der Waals surface area (Å²) in [6.07, 6.45) is 4.49. The maximum atomic E-state index is 13.3. The predicted octanol–water partition coefficient (Wildman–Crippen LogP) is 1.27. The molecule has 30 heavy (non-hydrogen) atoms. The molecule has 7 heteroatoms. The Morgan fingerprint density at radius 2 is 1.90 bits per heavy atom. The largest absolute Gasteiger partial charge is 0.322 e. The number of carbonyl (C=O) groups is 3. The summed E-state index contributed by atoms with van der Waals surface area (Å²) in [5.74, 6) is 0.861. The van der Waals surface area contributed by atoms with Crippen LogP contribution in [0.15, 0.2) is 18.2 Å². The molecule has 0 aliphatic carbocycles. The molecule has 2 atom stereocenters. The fourth-order valence-corrected chi connectivity index (χ4v) is 5.49. The summed E-state index contributed by atoms with van der Waals surface area (Å²) in [5.41, 5.74) is 2.84. The van der Waals surface area contributed by atoms with Crippen molar-refractivity contribution in [2.24, 2.45) is 11.8 Å². The quantitative estimate of drug-likeness (QED) is 0.731. The number of benzene rings is 1. The molecule has 1 aromatic rings. The van der Waals surface area contributed by atoms with E-state index in [-0.39, 0.29) is 24.1 Å². The van der Waals surface area contributed by atoms with E-state index in [4.69, 9.17) is 0 Å². The molecule has 5 rings (SSSR count). The molecular weight excluding hydrogens is 380 g/mol. The van der Waals surface area contributed by atoms with Gasteiger partial charge in [0.15, 0.2) is 0 Å². The Morgan fingerprint density at radius 3 is 2.67 bits per heavy atom. The lowest BCUT2D eigenvalue weighted by Gasteiger charge is -2.36. The number of imide groups is 1. The second-order valence-corrected chi connectivity index (χ2v) is 9.26. The Labute approximate surface area is 177 Å². The van der Waals surface area contributed by atoms with Gasteiger partial charge in [-0.25, -0.2) is 0 Å². The fourth-order valence-electron chi connectivity index (χ4n) is 5.49. The van der Waals surface area contributed by atoms with Gasteiger partial charge in [-0.05, 0) is 61.9 Å². The highest BCUT2D eigenvalue weighted by Gasteiger charge is 2.40. The summed E-state index contributed by atoms with van der Waals surface area (Å²) >= 11 is 0. The third-order valence-corrected chi connectivity index (χ3v) is 7.30. The van der Waals surface area contributed by atoms with Crippen LogP contribution in [0.5, 0.6) is 0 Å². The van der Waals surface area contributed by atoms with Crippen molar-refractivity contribution in [1.82, 2.24) is 20.4 Å². The molecular formula is C23H30N4O3. The van der Waals surface area contributed by atoms with Crippen LogP contribution in [0.3, 0.4) is 0 Å². The van der Waals surface area contributed by atoms with Crippen LogP contribution in [0.2, 0.25) is 0 Å². The molecule has 0 radical (unpaired) electrons. The Bertz CT molecular complexity index is 866. The highest BCUT2D eigenvalue weighted by Crippen LogP contribution is 2.32. The molecule has 0 spiro atoms. The van der Waals surface area contributed by atoms with Crippen molar-refractivity contribution in [2.45, 2.75) is 51.2 Å². The van der Waals surface area contributed by atoms with Gasteiger partial charge in [0, 0.05) is 31.6 Å². The smallest absolute Gasteiger partial charge is 0.255 e. The Kier molecular flexibility index (Phi) is 5.33. The van der Waals surface area contributed by atoms with Gasteiger partial charge in [-0.1, -0.05) is 24.6 Å². The molecule has 4 aliphatic heterocycles. The van der Waals surface area contributed by atoms with Gasteiger partial charge in [-0.15, -0.1) is 0 Å². The van der Waals surface area contributed by atoms with Crippen molar-refractivity contribution in [1.29, 1.82) is 0 Å². The van der Waals surface area contributed by atoms with E-state index in [9.17, 15) is 14.4 Å². The second-order valence-electron chi connectivity index (χ2n) is 9.26. The summed E-state index contributed by atoms with van der Waals surface area (Å²) < 4.78 is 0. The molecule has 0 saturated carbocycles. The first-order valence-corrected chi connectivity index (χ1v) is 11.3. The van der Waals surface area contributed by atoms with Crippen molar-refractivity contribution in [3.05, 3.63) is 34.9 Å². The SMILES string of the molecule is O=C1CCC(N2Cc3cccc(CN4CCCCC(C5CNC5)C4)c3C2=O)C(=O)N1. The van der Waals surface area contributed by atoms with E-state index in [0.29, 0.717) is 13.0 Å². The Hall–Kier alpha value is -2.25. The van der Waals surface area contributed by atoms with Crippen LogP contribution in [0.1, 0.15) is 53.6 Å². The monoisotopic (exact) mass is 410 g/mol. The lowest BCUT2D eigenvalue weighted by molar-refractivity contribution is -0.136. The number of likely N-dealkylation sites (tertiary alicyclic amines) is 1. The van der Waals surface area contributed by atoms with Crippen LogP contribution < -0.4 is 10.6 Å². The van der Waals surface area contributed by atoms with E-state index >= 15 is 0 Å². The normalized spacial score (nSPS) is 28.1. The van der Waals surface area contributed by atoms with Crippen molar-refractivity contribution >= 4 is 17.7 Å². The lowest BCUT2D eigenvalue weighted by Crippen LogP contribution is -2.52. The minimum atomic E-state index is -0.552. The van der Waals surface area contributed by atoms with E-state index in [1.54, 1.807) is 4.90 Å². The van der Waals surface area contributed by atoms with Gasteiger partial charge in [-0.2, -0.15) is 0 Å². The number of amides is 3. The molecule has 2 unspecified atom stereocenters. The average Bonchev–Trinajstić information content (AvgIpc) is 2.85. The first-order chi connectivity index (χ1) is 14.6. The zero-order chi connectivity index (χ0) is 20.7.